The van der Waals surface area contributed by atoms with Crippen molar-refractivity contribution in [1.29, 1.82) is 0 Å². The van der Waals surface area contributed by atoms with Crippen molar-refractivity contribution in [2.75, 3.05) is 32.1 Å². The van der Waals surface area contributed by atoms with Crippen molar-refractivity contribution in [2.24, 2.45) is 16.8 Å². The third-order valence-corrected chi connectivity index (χ3v) is 5.52. The van der Waals surface area contributed by atoms with Crippen molar-refractivity contribution >= 4 is 41.5 Å². The zero-order valence-corrected chi connectivity index (χ0v) is 22.3. The van der Waals surface area contributed by atoms with E-state index in [1.54, 1.807) is 0 Å². The van der Waals surface area contributed by atoms with Gasteiger partial charge in [0.1, 0.15) is 0 Å². The van der Waals surface area contributed by atoms with Crippen molar-refractivity contribution in [1.82, 2.24) is 10.2 Å². The van der Waals surface area contributed by atoms with Gasteiger partial charge in [0, 0.05) is 44.7 Å². The SMILES string of the molecule is CN=C(NCc1cccc(NC(=O)CC(C)C)c1)N1CCC(COCc2ccccc2)C1.I. The molecule has 2 aromatic rings. The van der Waals surface area contributed by atoms with E-state index in [1.807, 2.05) is 57.3 Å². The van der Waals surface area contributed by atoms with E-state index in [-0.39, 0.29) is 29.9 Å². The van der Waals surface area contributed by atoms with Crippen LogP contribution >= 0.6 is 24.0 Å². The molecule has 0 aromatic heterocycles. The first-order valence-electron chi connectivity index (χ1n) is 11.5. The van der Waals surface area contributed by atoms with E-state index in [0.717, 1.165) is 43.3 Å². The van der Waals surface area contributed by atoms with Crippen LogP contribution in [0.2, 0.25) is 0 Å². The molecule has 6 nitrogen and oxygen atoms in total. The standard InChI is InChI=1S/C26H36N4O2.HI/c1-20(2)14-25(31)29-24-11-7-10-22(15-24)16-28-26(27-3)30-13-12-23(17-30)19-32-18-21-8-5-4-6-9-21;/h4-11,15,20,23H,12-14,16-19H2,1-3H3,(H,27,28)(H,29,31);1H. The van der Waals surface area contributed by atoms with E-state index < -0.39 is 0 Å². The summed E-state index contributed by atoms with van der Waals surface area (Å²) < 4.78 is 5.94. The van der Waals surface area contributed by atoms with Crippen LogP contribution in [-0.4, -0.2) is 43.5 Å². The molecule has 180 valence electrons. The Kier molecular flexibility index (Phi) is 11.7. The number of aliphatic imine (C=N–C) groups is 1. The first-order chi connectivity index (χ1) is 15.5. The molecule has 2 N–H and O–H groups in total. The molecule has 3 rings (SSSR count). The predicted molar refractivity (Wildman–Crippen MR) is 146 cm³/mol. The fourth-order valence-electron chi connectivity index (χ4n) is 3.93. The number of anilines is 1. The summed E-state index contributed by atoms with van der Waals surface area (Å²) in [6.07, 6.45) is 1.63. The first kappa shape index (κ1) is 27.1. The summed E-state index contributed by atoms with van der Waals surface area (Å²) in [5, 5.41) is 6.45. The highest BCUT2D eigenvalue weighted by atomic mass is 127. The van der Waals surface area contributed by atoms with Gasteiger partial charge in [-0.2, -0.15) is 0 Å². The van der Waals surface area contributed by atoms with E-state index in [4.69, 9.17) is 4.74 Å². The fourth-order valence-corrected chi connectivity index (χ4v) is 3.93. The van der Waals surface area contributed by atoms with Gasteiger partial charge in [-0.15, -0.1) is 24.0 Å². The van der Waals surface area contributed by atoms with Gasteiger partial charge in [-0.25, -0.2) is 0 Å². The second kappa shape index (κ2) is 14.2. The third-order valence-electron chi connectivity index (χ3n) is 5.52. The monoisotopic (exact) mass is 564 g/mol. The van der Waals surface area contributed by atoms with Crippen molar-refractivity contribution in [3.63, 3.8) is 0 Å². The molecule has 1 atom stereocenters. The third kappa shape index (κ3) is 9.33. The predicted octanol–water partition coefficient (Wildman–Crippen LogP) is 4.90. The van der Waals surface area contributed by atoms with Gasteiger partial charge in [-0.05, 0) is 35.6 Å². The van der Waals surface area contributed by atoms with Gasteiger partial charge in [-0.3, -0.25) is 9.79 Å². The molecule has 1 saturated heterocycles. The Morgan fingerprint density at radius 3 is 2.64 bits per heavy atom. The number of halogens is 1. The van der Waals surface area contributed by atoms with Crippen LogP contribution in [0.4, 0.5) is 5.69 Å². The number of hydrogen-bond acceptors (Lipinski definition) is 3. The lowest BCUT2D eigenvalue weighted by molar-refractivity contribution is -0.116. The number of guanidine groups is 1. The maximum Gasteiger partial charge on any atom is 0.224 e. The van der Waals surface area contributed by atoms with Crippen LogP contribution in [0.3, 0.4) is 0 Å². The maximum absolute atomic E-state index is 12.0. The molecule has 2 aromatic carbocycles. The Hall–Kier alpha value is -2.13. The minimum absolute atomic E-state index is 0. The Labute approximate surface area is 215 Å². The molecule has 1 unspecified atom stereocenters. The number of nitrogens with one attached hydrogen (secondary N) is 2. The van der Waals surface area contributed by atoms with E-state index in [1.165, 1.54) is 5.56 Å². The zero-order valence-electron chi connectivity index (χ0n) is 19.9. The quantitative estimate of drug-likeness (QED) is 0.258. The summed E-state index contributed by atoms with van der Waals surface area (Å²) in [5.74, 6) is 1.82. The number of amides is 1. The van der Waals surface area contributed by atoms with E-state index in [0.29, 0.717) is 31.4 Å². The fraction of sp³-hybridized carbons (Fsp3) is 0.462. The van der Waals surface area contributed by atoms with E-state index in [2.05, 4.69) is 38.7 Å². The van der Waals surface area contributed by atoms with Crippen LogP contribution < -0.4 is 10.6 Å². The number of carbonyl (C=O) groups excluding carboxylic acids is 1. The van der Waals surface area contributed by atoms with Crippen molar-refractivity contribution in [3.8, 4) is 0 Å². The number of benzene rings is 2. The highest BCUT2D eigenvalue weighted by Crippen LogP contribution is 2.18. The average molecular weight is 565 g/mol. The Balaban J connectivity index is 0.00000385. The highest BCUT2D eigenvalue weighted by molar-refractivity contribution is 14.0. The zero-order chi connectivity index (χ0) is 22.8. The molecule has 33 heavy (non-hydrogen) atoms. The molecule has 0 radical (unpaired) electrons. The summed E-state index contributed by atoms with van der Waals surface area (Å²) in [5.41, 5.74) is 3.15. The van der Waals surface area contributed by atoms with Gasteiger partial charge in [0.2, 0.25) is 5.91 Å². The smallest absolute Gasteiger partial charge is 0.224 e. The minimum Gasteiger partial charge on any atom is -0.376 e. The summed E-state index contributed by atoms with van der Waals surface area (Å²) >= 11 is 0. The molecular formula is C26H37IN4O2. The lowest BCUT2D eigenvalue weighted by Crippen LogP contribution is -2.39. The van der Waals surface area contributed by atoms with Crippen LogP contribution in [0.25, 0.3) is 0 Å². The second-order valence-corrected chi connectivity index (χ2v) is 8.85. The van der Waals surface area contributed by atoms with Gasteiger partial charge >= 0.3 is 0 Å². The van der Waals surface area contributed by atoms with Crippen LogP contribution in [-0.2, 0) is 22.7 Å². The molecule has 1 aliphatic rings. The van der Waals surface area contributed by atoms with Gasteiger partial charge in [0.05, 0.1) is 13.2 Å². The van der Waals surface area contributed by atoms with E-state index >= 15 is 0 Å². The minimum atomic E-state index is 0. The van der Waals surface area contributed by atoms with Crippen LogP contribution in [0, 0.1) is 11.8 Å². The molecule has 1 heterocycles. The lowest BCUT2D eigenvalue weighted by atomic mass is 10.1. The maximum atomic E-state index is 12.0. The molecular weight excluding hydrogens is 527 g/mol. The van der Waals surface area contributed by atoms with Crippen molar-refractivity contribution < 1.29 is 9.53 Å². The summed E-state index contributed by atoms with van der Waals surface area (Å²) in [7, 11) is 1.82. The summed E-state index contributed by atoms with van der Waals surface area (Å²) in [6, 6.07) is 18.3. The highest BCUT2D eigenvalue weighted by Gasteiger charge is 2.25. The van der Waals surface area contributed by atoms with Crippen LogP contribution in [0.5, 0.6) is 0 Å². The molecule has 0 spiro atoms. The summed E-state index contributed by atoms with van der Waals surface area (Å²) in [4.78, 5) is 18.8. The van der Waals surface area contributed by atoms with Gasteiger partial charge in [0.15, 0.2) is 5.96 Å². The topological polar surface area (TPSA) is 66.0 Å². The van der Waals surface area contributed by atoms with Crippen LogP contribution in [0.15, 0.2) is 59.6 Å². The number of ether oxygens (including phenoxy) is 1. The van der Waals surface area contributed by atoms with Gasteiger partial charge < -0.3 is 20.3 Å². The molecule has 1 fully saturated rings. The normalized spacial score (nSPS) is 15.9. The lowest BCUT2D eigenvalue weighted by Gasteiger charge is -2.22. The number of carbonyl (C=O) groups is 1. The Morgan fingerprint density at radius 2 is 1.91 bits per heavy atom. The van der Waals surface area contributed by atoms with Crippen molar-refractivity contribution in [2.45, 2.75) is 39.8 Å². The average Bonchev–Trinajstić information content (AvgIpc) is 3.23. The molecule has 1 aliphatic heterocycles. The van der Waals surface area contributed by atoms with Crippen molar-refractivity contribution in [3.05, 3.63) is 65.7 Å². The number of rotatable bonds is 9. The summed E-state index contributed by atoms with van der Waals surface area (Å²) in [6.45, 7) is 8.10. The van der Waals surface area contributed by atoms with Gasteiger partial charge in [0.25, 0.3) is 0 Å². The molecule has 7 heteroatoms. The number of likely N-dealkylation sites (tertiary alicyclic amines) is 1. The molecule has 1 amide bonds. The first-order valence-corrected chi connectivity index (χ1v) is 11.5. The van der Waals surface area contributed by atoms with Crippen LogP contribution in [0.1, 0.15) is 37.8 Å². The molecule has 0 aliphatic carbocycles. The Bertz CT molecular complexity index is 889. The second-order valence-electron chi connectivity index (χ2n) is 8.85. The largest absolute Gasteiger partial charge is 0.376 e. The molecule has 0 saturated carbocycles. The van der Waals surface area contributed by atoms with Gasteiger partial charge in [-0.1, -0.05) is 56.3 Å². The van der Waals surface area contributed by atoms with E-state index in [9.17, 15) is 4.79 Å². The number of nitrogens with zero attached hydrogens (tertiary/aromatic N) is 2. The molecule has 0 bridgehead atoms. The Morgan fingerprint density at radius 1 is 1.15 bits per heavy atom. The number of hydrogen-bond donors (Lipinski definition) is 2.